The fraction of sp³-hybridized carbons (Fsp3) is 0.286. The number of carbonyl (C=O) groups is 2. The van der Waals surface area contributed by atoms with Gasteiger partial charge in [0.15, 0.2) is 5.70 Å². The van der Waals surface area contributed by atoms with Gasteiger partial charge in [-0.1, -0.05) is 42.1 Å². The van der Waals surface area contributed by atoms with Gasteiger partial charge in [0.25, 0.3) is 0 Å². The van der Waals surface area contributed by atoms with Crippen LogP contribution in [0.2, 0.25) is 0 Å². The van der Waals surface area contributed by atoms with E-state index in [2.05, 4.69) is 0 Å². The zero-order valence-electron chi connectivity index (χ0n) is 11.1. The van der Waals surface area contributed by atoms with Crippen molar-refractivity contribution in [3.63, 3.8) is 0 Å². The van der Waals surface area contributed by atoms with Crippen molar-refractivity contribution in [1.29, 1.82) is 0 Å². The zero-order chi connectivity index (χ0) is 15.1. The number of hydrogen-bond donors (Lipinski definition) is 2. The van der Waals surface area contributed by atoms with E-state index in [0.29, 0.717) is 9.80 Å². The van der Waals surface area contributed by atoms with Gasteiger partial charge in [-0.05, 0) is 11.8 Å². The summed E-state index contributed by atoms with van der Waals surface area (Å²) < 4.78 is 0.614. The number of carbonyl (C=O) groups excluding carboxylic acids is 1. The molecule has 0 aliphatic carbocycles. The molecule has 0 bridgehead atoms. The van der Waals surface area contributed by atoms with E-state index in [1.165, 1.54) is 28.4 Å². The normalized spacial score (nSPS) is 25.6. The third-order valence-electron chi connectivity index (χ3n) is 3.62. The highest BCUT2D eigenvalue weighted by molar-refractivity contribution is 8.22. The number of hydrogen-bond acceptors (Lipinski definition) is 5. The van der Waals surface area contributed by atoms with E-state index in [0.717, 1.165) is 0 Å². The van der Waals surface area contributed by atoms with Crippen LogP contribution in [0.4, 0.5) is 0 Å². The highest BCUT2D eigenvalue weighted by atomic mass is 32.2. The van der Waals surface area contributed by atoms with E-state index in [4.69, 9.17) is 0 Å². The van der Waals surface area contributed by atoms with E-state index in [1.807, 2.05) is 6.07 Å². The number of amides is 1. The van der Waals surface area contributed by atoms with Gasteiger partial charge in [-0.15, -0.1) is 11.8 Å². The van der Waals surface area contributed by atoms with Crippen LogP contribution in [0, 0.1) is 5.92 Å². The summed E-state index contributed by atoms with van der Waals surface area (Å²) >= 11 is 2.65. The summed E-state index contributed by atoms with van der Waals surface area (Å²) in [5.74, 6) is -2.03. The fourth-order valence-corrected chi connectivity index (χ4v) is 4.90. The van der Waals surface area contributed by atoms with Crippen LogP contribution in [-0.2, 0) is 9.59 Å². The van der Waals surface area contributed by atoms with Crippen molar-refractivity contribution in [2.45, 2.75) is 11.5 Å². The van der Waals surface area contributed by atoms with Crippen LogP contribution in [0.15, 0.2) is 40.3 Å². The number of benzene rings is 1. The molecule has 7 heteroatoms. The lowest BCUT2D eigenvalue weighted by Gasteiger charge is -2.44. The molecule has 0 aromatic heterocycles. The molecule has 2 aliphatic heterocycles. The lowest BCUT2D eigenvalue weighted by atomic mass is 9.87. The highest BCUT2D eigenvalue weighted by Crippen LogP contribution is 2.55. The Labute approximate surface area is 130 Å². The molecule has 2 aliphatic rings. The second-order valence-corrected chi connectivity index (χ2v) is 6.95. The van der Waals surface area contributed by atoms with E-state index >= 15 is 0 Å². The Hall–Kier alpha value is -1.44. The largest absolute Gasteiger partial charge is 0.477 e. The molecule has 5 nitrogen and oxygen atoms in total. The minimum absolute atomic E-state index is 0.0408. The number of carboxylic acid groups (broad SMARTS) is 1. The van der Waals surface area contributed by atoms with Crippen molar-refractivity contribution in [2.75, 3.05) is 6.26 Å². The first-order valence-electron chi connectivity index (χ1n) is 6.30. The van der Waals surface area contributed by atoms with E-state index in [1.54, 1.807) is 30.5 Å². The van der Waals surface area contributed by atoms with E-state index in [-0.39, 0.29) is 17.0 Å². The SMILES string of the molecule is CSC1=C(C(=O)O)N2C(=O)[C@H](C(O)c3ccccc3)[C@H]2S1. The Kier molecular flexibility index (Phi) is 3.73. The molecule has 1 unspecified atom stereocenters. The molecule has 3 atom stereocenters. The van der Waals surface area contributed by atoms with Gasteiger partial charge in [0.1, 0.15) is 5.37 Å². The molecule has 0 saturated carbocycles. The third-order valence-corrected chi connectivity index (χ3v) is 6.12. The van der Waals surface area contributed by atoms with E-state index in [9.17, 15) is 19.8 Å². The molecule has 1 fully saturated rings. The summed E-state index contributed by atoms with van der Waals surface area (Å²) in [7, 11) is 0. The smallest absolute Gasteiger partial charge is 0.354 e. The summed E-state index contributed by atoms with van der Waals surface area (Å²) in [5.41, 5.74) is 0.713. The molecule has 2 heterocycles. The third kappa shape index (κ3) is 2.16. The topological polar surface area (TPSA) is 77.8 Å². The maximum Gasteiger partial charge on any atom is 0.354 e. The van der Waals surface area contributed by atoms with Crippen molar-refractivity contribution >= 4 is 35.4 Å². The second-order valence-electron chi connectivity index (χ2n) is 4.74. The highest BCUT2D eigenvalue weighted by Gasteiger charge is 2.58. The van der Waals surface area contributed by atoms with Gasteiger partial charge < -0.3 is 10.2 Å². The summed E-state index contributed by atoms with van der Waals surface area (Å²) in [6.45, 7) is 0. The Bertz CT molecular complexity index is 631. The molecule has 110 valence electrons. The molecule has 3 rings (SSSR count). The summed E-state index contributed by atoms with van der Waals surface area (Å²) in [4.78, 5) is 24.9. The van der Waals surface area contributed by atoms with Gasteiger partial charge in [-0.2, -0.15) is 0 Å². The maximum atomic E-state index is 12.3. The first-order valence-corrected chi connectivity index (χ1v) is 8.41. The Morgan fingerprint density at radius 3 is 2.62 bits per heavy atom. The van der Waals surface area contributed by atoms with Crippen LogP contribution in [0.5, 0.6) is 0 Å². The van der Waals surface area contributed by atoms with Gasteiger partial charge in [-0.25, -0.2) is 4.79 Å². The Balaban J connectivity index is 1.86. The Morgan fingerprint density at radius 2 is 2.05 bits per heavy atom. The second kappa shape index (κ2) is 5.40. The molecule has 1 amide bonds. The number of β-lactam (4-membered cyclic amide) rings is 1. The average molecular weight is 323 g/mol. The number of aliphatic carboxylic acids is 1. The molecule has 1 saturated heterocycles. The number of aliphatic hydroxyl groups excluding tert-OH is 1. The van der Waals surface area contributed by atoms with Gasteiger partial charge in [0, 0.05) is 0 Å². The van der Waals surface area contributed by atoms with Gasteiger partial charge in [0.05, 0.1) is 16.3 Å². The standard InChI is InChI=1S/C14H13NO4S2/c1-20-14-9(13(18)19)15-11(17)8(12(15)21-14)10(16)7-5-3-2-4-6-7/h2-6,8,10,12,16H,1H3,(H,18,19)/t8-,10?,12+/m0/s1. The summed E-state index contributed by atoms with van der Waals surface area (Å²) in [5, 5.41) is 19.3. The van der Waals surface area contributed by atoms with Crippen LogP contribution in [-0.4, -0.2) is 38.6 Å². The van der Waals surface area contributed by atoms with Crippen molar-refractivity contribution in [3.8, 4) is 0 Å². The van der Waals surface area contributed by atoms with Crippen molar-refractivity contribution in [3.05, 3.63) is 45.8 Å². The molecule has 0 spiro atoms. The zero-order valence-corrected chi connectivity index (χ0v) is 12.7. The minimum Gasteiger partial charge on any atom is -0.477 e. The molecule has 21 heavy (non-hydrogen) atoms. The van der Waals surface area contributed by atoms with Crippen molar-refractivity contribution in [2.24, 2.45) is 5.92 Å². The predicted molar refractivity (Wildman–Crippen MR) is 81.3 cm³/mol. The first-order chi connectivity index (χ1) is 10.1. The Morgan fingerprint density at radius 1 is 1.38 bits per heavy atom. The van der Waals surface area contributed by atoms with Gasteiger partial charge in [-0.3, -0.25) is 9.69 Å². The average Bonchev–Trinajstić information content (AvgIpc) is 2.83. The fourth-order valence-electron chi connectivity index (χ4n) is 2.60. The number of rotatable bonds is 4. The number of thioether (sulfide) groups is 2. The maximum absolute atomic E-state index is 12.3. The van der Waals surface area contributed by atoms with Gasteiger partial charge in [0.2, 0.25) is 5.91 Å². The number of aliphatic hydroxyl groups is 1. The van der Waals surface area contributed by atoms with Crippen LogP contribution in [0.3, 0.4) is 0 Å². The molecular formula is C14H13NO4S2. The number of fused-ring (bicyclic) bond motifs is 1. The van der Waals surface area contributed by atoms with Crippen LogP contribution < -0.4 is 0 Å². The minimum atomic E-state index is -1.10. The van der Waals surface area contributed by atoms with Crippen molar-refractivity contribution in [1.82, 2.24) is 4.90 Å². The summed E-state index contributed by atoms with van der Waals surface area (Å²) in [6.07, 6.45) is 0.869. The molecule has 0 radical (unpaired) electrons. The van der Waals surface area contributed by atoms with Crippen LogP contribution in [0.1, 0.15) is 11.7 Å². The number of carboxylic acids is 1. The molecule has 1 aromatic carbocycles. The quantitative estimate of drug-likeness (QED) is 0.824. The lowest BCUT2D eigenvalue weighted by molar-refractivity contribution is -0.157. The monoisotopic (exact) mass is 323 g/mol. The van der Waals surface area contributed by atoms with Crippen molar-refractivity contribution < 1.29 is 19.8 Å². The molecular weight excluding hydrogens is 310 g/mol. The van der Waals surface area contributed by atoms with Crippen LogP contribution >= 0.6 is 23.5 Å². The van der Waals surface area contributed by atoms with Crippen LogP contribution in [0.25, 0.3) is 0 Å². The molecule has 1 aromatic rings. The van der Waals surface area contributed by atoms with E-state index < -0.39 is 18.0 Å². The predicted octanol–water partition coefficient (Wildman–Crippen LogP) is 1.87. The molecule has 2 N–H and O–H groups in total. The number of nitrogens with zero attached hydrogens (tertiary/aromatic N) is 1. The summed E-state index contributed by atoms with van der Waals surface area (Å²) in [6, 6.07) is 8.97. The first kappa shape index (κ1) is 14.5. The van der Waals surface area contributed by atoms with Gasteiger partial charge >= 0.3 is 5.97 Å². The lowest BCUT2D eigenvalue weighted by Crippen LogP contribution is -2.59.